The van der Waals surface area contributed by atoms with Gasteiger partial charge in [0.15, 0.2) is 0 Å². The summed E-state index contributed by atoms with van der Waals surface area (Å²) in [5.41, 5.74) is -0.919. The van der Waals surface area contributed by atoms with Crippen LogP contribution in [-0.4, -0.2) is 10.7 Å². The first kappa shape index (κ1) is 14.3. The molecular formula is C10H8BrClF3NO. The van der Waals surface area contributed by atoms with Crippen LogP contribution >= 0.6 is 27.5 Å². The zero-order valence-corrected chi connectivity index (χ0v) is 10.9. The molecule has 0 aliphatic heterocycles. The van der Waals surface area contributed by atoms with Crippen LogP contribution in [0.25, 0.3) is 0 Å². The summed E-state index contributed by atoms with van der Waals surface area (Å²) in [5, 5.41) is 2.36. The normalized spacial score (nSPS) is 13.3. The number of halogens is 5. The third-order valence-corrected chi connectivity index (χ3v) is 2.66. The van der Waals surface area contributed by atoms with Gasteiger partial charge < -0.3 is 5.32 Å². The fraction of sp³-hybridized carbons (Fsp3) is 0.300. The van der Waals surface area contributed by atoms with Gasteiger partial charge in [0.1, 0.15) is 0 Å². The predicted molar refractivity (Wildman–Crippen MR) is 63.5 cm³/mol. The lowest BCUT2D eigenvalue weighted by Gasteiger charge is -2.12. The molecule has 0 spiro atoms. The summed E-state index contributed by atoms with van der Waals surface area (Å²) in [4.78, 5) is 10.8. The van der Waals surface area contributed by atoms with Crippen molar-refractivity contribution in [2.24, 2.45) is 0 Å². The summed E-state index contributed by atoms with van der Waals surface area (Å²) < 4.78 is 37.3. The van der Waals surface area contributed by atoms with Crippen LogP contribution in [0.2, 0.25) is 5.02 Å². The highest BCUT2D eigenvalue weighted by atomic mass is 79.9. The van der Waals surface area contributed by atoms with Crippen LogP contribution in [0.15, 0.2) is 18.2 Å². The highest BCUT2D eigenvalue weighted by Crippen LogP contribution is 2.33. The van der Waals surface area contributed by atoms with Crippen LogP contribution in [0.5, 0.6) is 0 Å². The van der Waals surface area contributed by atoms with Crippen LogP contribution in [0.4, 0.5) is 18.9 Å². The Morgan fingerprint density at radius 2 is 2.06 bits per heavy atom. The van der Waals surface area contributed by atoms with Gasteiger partial charge in [0, 0.05) is 0 Å². The molecule has 2 nitrogen and oxygen atoms in total. The van der Waals surface area contributed by atoms with Gasteiger partial charge in [-0.3, -0.25) is 4.79 Å². The highest BCUT2D eigenvalue weighted by molar-refractivity contribution is 9.10. The molecule has 1 amide bonds. The summed E-state index contributed by atoms with van der Waals surface area (Å²) in [6, 6.07) is 2.75. The number of rotatable bonds is 2. The van der Waals surface area contributed by atoms with Gasteiger partial charge >= 0.3 is 6.18 Å². The zero-order chi connectivity index (χ0) is 13.2. The number of amides is 1. The van der Waals surface area contributed by atoms with E-state index in [0.29, 0.717) is 0 Å². The maximum absolute atomic E-state index is 12.4. The second-order valence-corrected chi connectivity index (χ2v) is 5.08. The molecule has 7 heteroatoms. The lowest BCUT2D eigenvalue weighted by atomic mass is 10.2. The number of benzene rings is 1. The van der Waals surface area contributed by atoms with Crippen molar-refractivity contribution in [2.45, 2.75) is 17.9 Å². The van der Waals surface area contributed by atoms with E-state index in [0.717, 1.165) is 18.2 Å². The molecule has 1 atom stereocenters. The number of carbonyl (C=O) groups is 1. The molecule has 1 rings (SSSR count). The molecule has 0 fully saturated rings. The maximum Gasteiger partial charge on any atom is 0.416 e. The third kappa shape index (κ3) is 3.89. The number of alkyl halides is 4. The summed E-state index contributed by atoms with van der Waals surface area (Å²) in [6.07, 6.45) is -4.47. The third-order valence-electron chi connectivity index (χ3n) is 1.91. The monoisotopic (exact) mass is 329 g/mol. The van der Waals surface area contributed by atoms with Crippen molar-refractivity contribution in [3.8, 4) is 0 Å². The molecule has 0 unspecified atom stereocenters. The van der Waals surface area contributed by atoms with E-state index in [9.17, 15) is 18.0 Å². The predicted octanol–water partition coefficient (Wildman–Crippen LogP) is 4.08. The molecule has 1 aromatic carbocycles. The van der Waals surface area contributed by atoms with Crippen molar-refractivity contribution >= 4 is 39.1 Å². The van der Waals surface area contributed by atoms with Gasteiger partial charge in [0.05, 0.1) is 21.1 Å². The summed E-state index contributed by atoms with van der Waals surface area (Å²) in [6.45, 7) is 1.55. The molecule has 0 aliphatic carbocycles. The van der Waals surface area contributed by atoms with Crippen molar-refractivity contribution in [1.82, 2.24) is 0 Å². The van der Waals surface area contributed by atoms with Crippen molar-refractivity contribution in [2.75, 3.05) is 5.32 Å². The van der Waals surface area contributed by atoms with E-state index in [2.05, 4.69) is 21.2 Å². The van der Waals surface area contributed by atoms with Gasteiger partial charge in [-0.25, -0.2) is 0 Å². The summed E-state index contributed by atoms with van der Waals surface area (Å²) in [7, 11) is 0. The van der Waals surface area contributed by atoms with Crippen molar-refractivity contribution in [3.05, 3.63) is 28.8 Å². The quantitative estimate of drug-likeness (QED) is 0.813. The molecule has 17 heavy (non-hydrogen) atoms. The number of nitrogens with one attached hydrogen (secondary N) is 1. The standard InChI is InChI=1S/C10H8BrClF3NO/c1-5(11)9(17)16-8-4-6(10(13,14)15)2-3-7(8)12/h2-5H,1H3,(H,16,17)/t5-/m0/s1. The van der Waals surface area contributed by atoms with E-state index in [1.54, 1.807) is 6.92 Å². The Bertz CT molecular complexity index is 434. The first-order valence-electron chi connectivity index (χ1n) is 4.53. The van der Waals surface area contributed by atoms with Crippen LogP contribution in [-0.2, 0) is 11.0 Å². The zero-order valence-electron chi connectivity index (χ0n) is 8.61. The van der Waals surface area contributed by atoms with Gasteiger partial charge in [-0.05, 0) is 25.1 Å². The molecular weight excluding hydrogens is 322 g/mol. The summed E-state index contributed by atoms with van der Waals surface area (Å²) >= 11 is 8.70. The fourth-order valence-corrected chi connectivity index (χ4v) is 1.31. The Labute approximate surface area is 109 Å². The molecule has 0 bridgehead atoms. The topological polar surface area (TPSA) is 29.1 Å². The van der Waals surface area contributed by atoms with Crippen molar-refractivity contribution in [3.63, 3.8) is 0 Å². The van der Waals surface area contributed by atoms with Crippen LogP contribution < -0.4 is 5.32 Å². The van der Waals surface area contributed by atoms with E-state index in [1.165, 1.54) is 0 Å². The Kier molecular flexibility index (Phi) is 4.43. The minimum Gasteiger partial charge on any atom is -0.324 e. The molecule has 0 radical (unpaired) electrons. The minimum absolute atomic E-state index is 0.0551. The van der Waals surface area contributed by atoms with E-state index >= 15 is 0 Å². The second kappa shape index (κ2) is 5.27. The molecule has 0 aliphatic rings. The first-order valence-corrected chi connectivity index (χ1v) is 5.83. The van der Waals surface area contributed by atoms with Gasteiger partial charge in [0.25, 0.3) is 0 Å². The van der Waals surface area contributed by atoms with Gasteiger partial charge in [-0.2, -0.15) is 13.2 Å². The maximum atomic E-state index is 12.4. The number of anilines is 1. The Morgan fingerprint density at radius 1 is 1.47 bits per heavy atom. The van der Waals surface area contributed by atoms with Gasteiger partial charge in [-0.1, -0.05) is 27.5 Å². The molecule has 0 saturated heterocycles. The van der Waals surface area contributed by atoms with E-state index in [1.807, 2.05) is 0 Å². The lowest BCUT2D eigenvalue weighted by molar-refractivity contribution is -0.137. The summed E-state index contributed by atoms with van der Waals surface area (Å²) in [5.74, 6) is -0.466. The van der Waals surface area contributed by atoms with Crippen LogP contribution in [0.3, 0.4) is 0 Å². The largest absolute Gasteiger partial charge is 0.416 e. The number of hydrogen-bond donors (Lipinski definition) is 1. The van der Waals surface area contributed by atoms with Crippen LogP contribution in [0, 0.1) is 0 Å². The van der Waals surface area contributed by atoms with Crippen LogP contribution in [0.1, 0.15) is 12.5 Å². The SMILES string of the molecule is C[C@H](Br)C(=O)Nc1cc(C(F)(F)F)ccc1Cl. The fourth-order valence-electron chi connectivity index (χ4n) is 1.03. The first-order chi connectivity index (χ1) is 7.71. The van der Waals surface area contributed by atoms with Gasteiger partial charge in [-0.15, -0.1) is 0 Å². The smallest absolute Gasteiger partial charge is 0.324 e. The molecule has 94 valence electrons. The van der Waals surface area contributed by atoms with E-state index in [-0.39, 0.29) is 10.7 Å². The number of hydrogen-bond acceptors (Lipinski definition) is 1. The van der Waals surface area contributed by atoms with Gasteiger partial charge in [0.2, 0.25) is 5.91 Å². The molecule has 0 heterocycles. The average molecular weight is 331 g/mol. The Balaban J connectivity index is 3.03. The van der Waals surface area contributed by atoms with Crippen molar-refractivity contribution in [1.29, 1.82) is 0 Å². The molecule has 0 aromatic heterocycles. The highest BCUT2D eigenvalue weighted by Gasteiger charge is 2.31. The Hall–Kier alpha value is -0.750. The average Bonchev–Trinajstić information content (AvgIpc) is 2.19. The van der Waals surface area contributed by atoms with E-state index < -0.39 is 22.5 Å². The molecule has 1 aromatic rings. The lowest BCUT2D eigenvalue weighted by Crippen LogP contribution is -2.20. The molecule has 1 N–H and O–H groups in total. The Morgan fingerprint density at radius 3 is 2.53 bits per heavy atom. The second-order valence-electron chi connectivity index (χ2n) is 3.30. The number of carbonyl (C=O) groups excluding carboxylic acids is 1. The van der Waals surface area contributed by atoms with Crippen molar-refractivity contribution < 1.29 is 18.0 Å². The van der Waals surface area contributed by atoms with E-state index in [4.69, 9.17) is 11.6 Å². The molecule has 0 saturated carbocycles. The minimum atomic E-state index is -4.47.